The summed E-state index contributed by atoms with van der Waals surface area (Å²) in [4.78, 5) is 23.3. The van der Waals surface area contributed by atoms with Crippen molar-refractivity contribution in [3.63, 3.8) is 0 Å². The molecule has 0 heterocycles. The van der Waals surface area contributed by atoms with E-state index in [1.807, 2.05) is 0 Å². The molecule has 1 rings (SSSR count). The predicted molar refractivity (Wildman–Crippen MR) is 62.7 cm³/mol. The van der Waals surface area contributed by atoms with E-state index in [0.717, 1.165) is 0 Å². The van der Waals surface area contributed by atoms with Gasteiger partial charge in [0.2, 0.25) is 0 Å². The van der Waals surface area contributed by atoms with Gasteiger partial charge in [-0.2, -0.15) is 0 Å². The van der Waals surface area contributed by atoms with Crippen molar-refractivity contribution in [3.05, 3.63) is 35.9 Å². The smallest absolute Gasteiger partial charge is 0.328 e. The van der Waals surface area contributed by atoms with E-state index < -0.39 is 17.4 Å². The second-order valence-electron chi connectivity index (χ2n) is 4.25. The Balaban J connectivity index is 3.15. The first kappa shape index (κ1) is 13.2. The van der Waals surface area contributed by atoms with Crippen LogP contribution in [-0.4, -0.2) is 23.1 Å². The second-order valence-corrected chi connectivity index (χ2v) is 4.25. The average Bonchev–Trinajstić information content (AvgIpc) is 2.27. The van der Waals surface area contributed by atoms with Crippen molar-refractivity contribution in [2.45, 2.75) is 32.3 Å². The van der Waals surface area contributed by atoms with E-state index in [-0.39, 0.29) is 6.10 Å². The minimum absolute atomic E-state index is 0.343. The minimum Gasteiger partial charge on any atom is -0.480 e. The number of carboxylic acid groups (broad SMARTS) is 1. The Morgan fingerprint density at radius 3 is 2.18 bits per heavy atom. The average molecular weight is 236 g/mol. The molecule has 17 heavy (non-hydrogen) atoms. The predicted octanol–water partition coefficient (Wildman–Crippen LogP) is 1.98. The summed E-state index contributed by atoms with van der Waals surface area (Å²) in [6.45, 7) is 4.73. The zero-order valence-electron chi connectivity index (χ0n) is 10.1. The molecule has 1 N–H and O–H groups in total. The van der Waals surface area contributed by atoms with Crippen LogP contribution in [0.3, 0.4) is 0 Å². The molecule has 0 fully saturated rings. The van der Waals surface area contributed by atoms with Crippen molar-refractivity contribution in [3.8, 4) is 0 Å². The van der Waals surface area contributed by atoms with Crippen LogP contribution in [0.4, 0.5) is 0 Å². The maximum Gasteiger partial charge on any atom is 0.328 e. The van der Waals surface area contributed by atoms with Gasteiger partial charge in [-0.05, 0) is 26.3 Å². The number of ether oxygens (including phenoxy) is 1. The highest BCUT2D eigenvalue weighted by Gasteiger charge is 2.45. The Morgan fingerprint density at radius 1 is 1.24 bits per heavy atom. The van der Waals surface area contributed by atoms with Crippen LogP contribution in [0.15, 0.2) is 30.3 Å². The highest BCUT2D eigenvalue weighted by molar-refractivity contribution is 6.05. The number of carbonyl (C=O) groups is 2. The van der Waals surface area contributed by atoms with Crippen LogP contribution < -0.4 is 0 Å². The van der Waals surface area contributed by atoms with Crippen molar-refractivity contribution < 1.29 is 19.4 Å². The first-order valence-electron chi connectivity index (χ1n) is 5.39. The van der Waals surface area contributed by atoms with E-state index in [0.29, 0.717) is 5.56 Å². The fourth-order valence-electron chi connectivity index (χ4n) is 1.43. The molecule has 92 valence electrons. The van der Waals surface area contributed by atoms with Crippen LogP contribution in [-0.2, 0) is 19.7 Å². The Morgan fingerprint density at radius 2 is 1.76 bits per heavy atom. The molecule has 0 aliphatic rings. The van der Waals surface area contributed by atoms with Gasteiger partial charge in [0.15, 0.2) is 5.41 Å². The molecule has 1 aromatic rings. The van der Waals surface area contributed by atoms with Crippen molar-refractivity contribution in [2.24, 2.45) is 0 Å². The molecule has 1 unspecified atom stereocenters. The summed E-state index contributed by atoms with van der Waals surface area (Å²) in [5, 5.41) is 9.27. The quantitative estimate of drug-likeness (QED) is 0.641. The molecule has 1 aromatic carbocycles. The van der Waals surface area contributed by atoms with Crippen molar-refractivity contribution in [2.75, 3.05) is 0 Å². The summed E-state index contributed by atoms with van der Waals surface area (Å²) < 4.78 is 5.01. The van der Waals surface area contributed by atoms with Gasteiger partial charge in [-0.1, -0.05) is 30.3 Å². The van der Waals surface area contributed by atoms with Gasteiger partial charge < -0.3 is 9.84 Å². The van der Waals surface area contributed by atoms with Gasteiger partial charge in [0.1, 0.15) is 0 Å². The highest BCUT2D eigenvalue weighted by Crippen LogP contribution is 2.26. The third kappa shape index (κ3) is 2.64. The van der Waals surface area contributed by atoms with E-state index in [1.54, 1.807) is 44.2 Å². The molecule has 4 heteroatoms. The number of hydrogen-bond donors (Lipinski definition) is 1. The number of rotatable bonds is 4. The Kier molecular flexibility index (Phi) is 3.89. The Bertz CT molecular complexity index is 411. The lowest BCUT2D eigenvalue weighted by Crippen LogP contribution is -2.43. The van der Waals surface area contributed by atoms with E-state index in [4.69, 9.17) is 4.74 Å². The molecule has 0 spiro atoms. The molecule has 1 atom stereocenters. The van der Waals surface area contributed by atoms with E-state index in [2.05, 4.69) is 0 Å². The van der Waals surface area contributed by atoms with Crippen LogP contribution in [0.5, 0.6) is 0 Å². The lowest BCUT2D eigenvalue weighted by atomic mass is 9.82. The molecule has 0 radical (unpaired) electrons. The summed E-state index contributed by atoms with van der Waals surface area (Å²) in [7, 11) is 0. The molecule has 0 aromatic heterocycles. The zero-order valence-corrected chi connectivity index (χ0v) is 10.1. The largest absolute Gasteiger partial charge is 0.480 e. The molecule has 0 saturated heterocycles. The summed E-state index contributed by atoms with van der Waals surface area (Å²) in [6, 6.07) is 8.36. The molecule has 0 bridgehead atoms. The highest BCUT2D eigenvalue weighted by atomic mass is 16.5. The summed E-state index contributed by atoms with van der Waals surface area (Å²) >= 11 is 0. The lowest BCUT2D eigenvalue weighted by molar-refractivity contribution is -0.163. The van der Waals surface area contributed by atoms with Gasteiger partial charge >= 0.3 is 11.9 Å². The molecule has 4 nitrogen and oxygen atoms in total. The monoisotopic (exact) mass is 236 g/mol. The fourth-order valence-corrected chi connectivity index (χ4v) is 1.43. The zero-order chi connectivity index (χ0) is 13.1. The summed E-state index contributed by atoms with van der Waals surface area (Å²) in [5.74, 6) is -1.96. The fraction of sp³-hybridized carbons (Fsp3) is 0.385. The Labute approximate surface area is 100 Å². The number of carbonyl (C=O) groups excluding carboxylic acids is 1. The third-order valence-corrected chi connectivity index (χ3v) is 2.53. The topological polar surface area (TPSA) is 63.6 Å². The third-order valence-electron chi connectivity index (χ3n) is 2.53. The van der Waals surface area contributed by atoms with E-state index >= 15 is 0 Å². The number of hydrogen-bond acceptors (Lipinski definition) is 3. The molecule has 0 amide bonds. The second kappa shape index (κ2) is 4.99. The number of carboxylic acids is 1. The minimum atomic E-state index is -1.66. The van der Waals surface area contributed by atoms with Gasteiger partial charge in [-0.15, -0.1) is 0 Å². The van der Waals surface area contributed by atoms with Gasteiger partial charge in [-0.25, -0.2) is 0 Å². The maximum atomic E-state index is 11.9. The molecule has 0 saturated carbocycles. The Hall–Kier alpha value is -1.84. The molecular formula is C13H16O4. The van der Waals surface area contributed by atoms with Crippen molar-refractivity contribution in [1.29, 1.82) is 0 Å². The standard InChI is InChI=1S/C13H16O4/c1-9(2)17-12(16)13(3,11(14)15)10-7-5-4-6-8-10/h4-9H,1-3H3,(H,14,15). The lowest BCUT2D eigenvalue weighted by Gasteiger charge is -2.24. The number of aliphatic carboxylic acids is 1. The van der Waals surface area contributed by atoms with Gasteiger partial charge in [0.05, 0.1) is 6.10 Å². The van der Waals surface area contributed by atoms with E-state index in [9.17, 15) is 14.7 Å². The molecule has 0 aliphatic heterocycles. The van der Waals surface area contributed by atoms with Crippen LogP contribution in [0.1, 0.15) is 26.3 Å². The van der Waals surface area contributed by atoms with Crippen molar-refractivity contribution in [1.82, 2.24) is 0 Å². The van der Waals surface area contributed by atoms with E-state index in [1.165, 1.54) is 6.92 Å². The van der Waals surface area contributed by atoms with Gasteiger partial charge in [0, 0.05) is 0 Å². The summed E-state index contributed by atoms with van der Waals surface area (Å²) in [5.41, 5.74) is -1.25. The van der Waals surface area contributed by atoms with Gasteiger partial charge in [-0.3, -0.25) is 9.59 Å². The van der Waals surface area contributed by atoms with Crippen LogP contribution >= 0.6 is 0 Å². The van der Waals surface area contributed by atoms with Crippen LogP contribution in [0.25, 0.3) is 0 Å². The molecular weight excluding hydrogens is 220 g/mol. The van der Waals surface area contributed by atoms with Crippen molar-refractivity contribution >= 4 is 11.9 Å². The summed E-state index contributed by atoms with van der Waals surface area (Å²) in [6.07, 6.45) is -0.343. The number of esters is 1. The molecule has 0 aliphatic carbocycles. The maximum absolute atomic E-state index is 11.9. The SMILES string of the molecule is CC(C)OC(=O)C(C)(C(=O)O)c1ccccc1. The first-order valence-corrected chi connectivity index (χ1v) is 5.39. The normalized spacial score (nSPS) is 14.1. The number of benzene rings is 1. The van der Waals surface area contributed by atoms with Crippen LogP contribution in [0.2, 0.25) is 0 Å². The van der Waals surface area contributed by atoms with Gasteiger partial charge in [0.25, 0.3) is 0 Å². The van der Waals surface area contributed by atoms with Crippen LogP contribution in [0, 0.1) is 0 Å². The first-order chi connectivity index (χ1) is 7.89.